The van der Waals surface area contributed by atoms with Gasteiger partial charge in [-0.05, 0) is 62.3 Å². The molecule has 2 fully saturated rings. The molecular formula is C27H30O5. The Hall–Kier alpha value is -2.79. The predicted octanol–water partition coefficient (Wildman–Crippen LogP) is 5.94. The van der Waals surface area contributed by atoms with Crippen LogP contribution in [0.4, 0.5) is 0 Å². The van der Waals surface area contributed by atoms with Gasteiger partial charge in [0.25, 0.3) is 0 Å². The normalized spacial score (nSPS) is 18.7. The lowest BCUT2D eigenvalue weighted by Gasteiger charge is -2.32. The molecular weight excluding hydrogens is 404 g/mol. The lowest BCUT2D eigenvalue weighted by molar-refractivity contribution is -0.0211. The highest BCUT2D eigenvalue weighted by Crippen LogP contribution is 2.45. The number of hydrogen-bond donors (Lipinski definition) is 1. The van der Waals surface area contributed by atoms with Crippen LogP contribution in [0.25, 0.3) is 21.9 Å². The molecule has 1 N–H and O–H groups in total. The molecule has 0 amide bonds. The predicted molar refractivity (Wildman–Crippen MR) is 124 cm³/mol. The van der Waals surface area contributed by atoms with E-state index in [4.69, 9.17) is 13.9 Å². The molecule has 1 aromatic heterocycles. The number of hydrogen-bond acceptors (Lipinski definition) is 5. The monoisotopic (exact) mass is 434 g/mol. The summed E-state index contributed by atoms with van der Waals surface area (Å²) < 4.78 is 17.8. The van der Waals surface area contributed by atoms with Gasteiger partial charge in [0.1, 0.15) is 11.4 Å². The lowest BCUT2D eigenvalue weighted by atomic mass is 9.79. The summed E-state index contributed by atoms with van der Waals surface area (Å²) in [5, 5.41) is 12.9. The molecule has 5 nitrogen and oxygen atoms in total. The number of ether oxygens (including phenoxy) is 2. The molecule has 2 saturated carbocycles. The Bertz CT molecular complexity index is 1170. The number of methoxy groups -OCH3 is 1. The van der Waals surface area contributed by atoms with Gasteiger partial charge in [-0.15, -0.1) is 0 Å². The van der Waals surface area contributed by atoms with Crippen LogP contribution in [0.5, 0.6) is 11.5 Å². The zero-order valence-electron chi connectivity index (χ0n) is 18.6. The highest BCUT2D eigenvalue weighted by atomic mass is 16.5. The third-order valence-corrected chi connectivity index (χ3v) is 6.99. The van der Waals surface area contributed by atoms with Crippen molar-refractivity contribution in [2.75, 3.05) is 7.11 Å². The average Bonchev–Trinajstić information content (AvgIpc) is 3.33. The van der Waals surface area contributed by atoms with Crippen molar-refractivity contribution in [3.63, 3.8) is 0 Å². The Morgan fingerprint density at radius 3 is 2.38 bits per heavy atom. The van der Waals surface area contributed by atoms with E-state index >= 15 is 0 Å². The molecule has 0 radical (unpaired) electrons. The Labute approximate surface area is 188 Å². The highest BCUT2D eigenvalue weighted by molar-refractivity contribution is 5.97. The van der Waals surface area contributed by atoms with Crippen molar-refractivity contribution in [2.24, 2.45) is 0 Å². The molecule has 0 saturated heterocycles. The highest BCUT2D eigenvalue weighted by Gasteiger charge is 2.37. The summed E-state index contributed by atoms with van der Waals surface area (Å²) in [7, 11) is 1.64. The maximum absolute atomic E-state index is 12.8. The maximum Gasteiger partial charge on any atom is 0.343 e. The van der Waals surface area contributed by atoms with Crippen LogP contribution in [0, 0.1) is 0 Å². The minimum Gasteiger partial charge on any atom is -0.493 e. The van der Waals surface area contributed by atoms with Crippen LogP contribution in [-0.4, -0.2) is 18.3 Å². The van der Waals surface area contributed by atoms with Crippen LogP contribution in [0.3, 0.4) is 0 Å². The van der Waals surface area contributed by atoms with Crippen molar-refractivity contribution < 1.29 is 19.0 Å². The number of benzene rings is 2. The lowest BCUT2D eigenvalue weighted by Crippen LogP contribution is -2.30. The number of fused-ring (bicyclic) bond motifs is 1. The van der Waals surface area contributed by atoms with Gasteiger partial charge in [0.05, 0.1) is 18.6 Å². The minimum absolute atomic E-state index is 0.187. The van der Waals surface area contributed by atoms with Crippen molar-refractivity contribution in [2.45, 2.75) is 69.5 Å². The van der Waals surface area contributed by atoms with E-state index in [1.54, 1.807) is 13.2 Å². The third kappa shape index (κ3) is 3.79. The first kappa shape index (κ1) is 21.1. The van der Waals surface area contributed by atoms with E-state index in [2.05, 4.69) is 0 Å². The fourth-order valence-electron chi connectivity index (χ4n) is 5.29. The summed E-state index contributed by atoms with van der Waals surface area (Å²) in [5.41, 5.74) is 0.0639. The van der Waals surface area contributed by atoms with Crippen molar-refractivity contribution in [1.82, 2.24) is 0 Å². The molecule has 2 aromatic carbocycles. The van der Waals surface area contributed by atoms with Gasteiger partial charge in [-0.2, -0.15) is 0 Å². The van der Waals surface area contributed by atoms with Gasteiger partial charge in [0.2, 0.25) is 0 Å². The molecule has 0 spiro atoms. The molecule has 0 atom stereocenters. The summed E-state index contributed by atoms with van der Waals surface area (Å²) >= 11 is 0. The van der Waals surface area contributed by atoms with Gasteiger partial charge in [0, 0.05) is 10.9 Å². The Kier molecular flexibility index (Phi) is 5.68. The Morgan fingerprint density at radius 1 is 0.938 bits per heavy atom. The van der Waals surface area contributed by atoms with Gasteiger partial charge in [0.15, 0.2) is 11.5 Å². The summed E-state index contributed by atoms with van der Waals surface area (Å²) in [6, 6.07) is 13.3. The maximum atomic E-state index is 12.8. The second kappa shape index (κ2) is 8.62. The van der Waals surface area contributed by atoms with E-state index in [1.165, 1.54) is 12.8 Å². The van der Waals surface area contributed by atoms with Crippen LogP contribution in [-0.2, 0) is 5.60 Å². The van der Waals surface area contributed by atoms with Crippen LogP contribution in [0.2, 0.25) is 0 Å². The average molecular weight is 435 g/mol. The second-order valence-electron chi connectivity index (χ2n) is 9.12. The molecule has 2 aliphatic rings. The molecule has 0 aliphatic heterocycles. The number of rotatable bonds is 5. The van der Waals surface area contributed by atoms with Crippen LogP contribution >= 0.6 is 0 Å². The van der Waals surface area contributed by atoms with E-state index in [1.807, 2.05) is 36.4 Å². The minimum atomic E-state index is -1.15. The smallest absolute Gasteiger partial charge is 0.343 e. The van der Waals surface area contributed by atoms with Gasteiger partial charge in [-0.3, -0.25) is 0 Å². The molecule has 168 valence electrons. The molecule has 5 rings (SSSR count). The molecule has 3 aromatic rings. The largest absolute Gasteiger partial charge is 0.493 e. The van der Waals surface area contributed by atoms with E-state index in [0.29, 0.717) is 35.5 Å². The molecule has 1 heterocycles. The Morgan fingerprint density at radius 2 is 1.66 bits per heavy atom. The quantitative estimate of drug-likeness (QED) is 0.538. The molecule has 2 aliphatic carbocycles. The van der Waals surface area contributed by atoms with E-state index in [-0.39, 0.29) is 6.10 Å². The summed E-state index contributed by atoms with van der Waals surface area (Å²) in [6.07, 6.45) is 8.70. The van der Waals surface area contributed by atoms with E-state index in [0.717, 1.165) is 48.6 Å². The van der Waals surface area contributed by atoms with E-state index in [9.17, 15) is 9.90 Å². The van der Waals surface area contributed by atoms with Gasteiger partial charge < -0.3 is 19.0 Å². The van der Waals surface area contributed by atoms with Crippen molar-refractivity contribution in [3.05, 3.63) is 58.6 Å². The fourth-order valence-corrected chi connectivity index (χ4v) is 5.29. The van der Waals surface area contributed by atoms with Crippen molar-refractivity contribution in [3.8, 4) is 22.6 Å². The number of aliphatic hydroxyl groups is 1. The zero-order valence-corrected chi connectivity index (χ0v) is 18.6. The van der Waals surface area contributed by atoms with Gasteiger partial charge in [-0.1, -0.05) is 43.5 Å². The third-order valence-electron chi connectivity index (χ3n) is 6.99. The molecule has 0 bridgehead atoms. The molecule has 0 unspecified atom stereocenters. The van der Waals surface area contributed by atoms with Gasteiger partial charge >= 0.3 is 5.63 Å². The Balaban J connectivity index is 1.71. The molecule has 32 heavy (non-hydrogen) atoms. The topological polar surface area (TPSA) is 68.9 Å². The van der Waals surface area contributed by atoms with Crippen LogP contribution < -0.4 is 15.1 Å². The summed E-state index contributed by atoms with van der Waals surface area (Å²) in [5.74, 6) is 1.74. The summed E-state index contributed by atoms with van der Waals surface area (Å²) in [6.45, 7) is 0. The van der Waals surface area contributed by atoms with Crippen LogP contribution in [0.15, 0.2) is 51.7 Å². The fraction of sp³-hybridized carbons (Fsp3) is 0.444. The van der Waals surface area contributed by atoms with Crippen LogP contribution in [0.1, 0.15) is 63.5 Å². The first-order valence-corrected chi connectivity index (χ1v) is 11.7. The zero-order chi connectivity index (χ0) is 22.1. The van der Waals surface area contributed by atoms with E-state index < -0.39 is 11.2 Å². The van der Waals surface area contributed by atoms with Gasteiger partial charge in [-0.25, -0.2) is 4.79 Å². The molecule has 5 heteroatoms. The second-order valence-corrected chi connectivity index (χ2v) is 9.12. The SMILES string of the molecule is COc1ccc(-c2c(C3(O)CCCCC3)oc(=O)c3ccccc23)cc1OC1CCCC1. The first-order chi connectivity index (χ1) is 15.6. The standard InChI is InChI=1S/C27H30O5/c1-30-22-14-13-18(17-23(22)31-19-9-3-4-10-19)24-20-11-5-6-12-21(20)26(28)32-25(24)27(29)15-7-2-8-16-27/h5-6,11-14,17,19,29H,2-4,7-10,15-16H2,1H3. The van der Waals surface area contributed by atoms with Crippen molar-refractivity contribution in [1.29, 1.82) is 0 Å². The first-order valence-electron chi connectivity index (χ1n) is 11.7. The van der Waals surface area contributed by atoms with Crippen molar-refractivity contribution >= 4 is 10.8 Å². The summed E-state index contributed by atoms with van der Waals surface area (Å²) in [4.78, 5) is 12.8.